The highest BCUT2D eigenvalue weighted by Crippen LogP contribution is 2.13. The Bertz CT molecular complexity index is 578. The molecular weight excluding hydrogens is 525 g/mol. The molecule has 172 valence electrons. The lowest BCUT2D eigenvalue weighted by Gasteiger charge is -2.33. The molecule has 2 N–H and O–H groups in total. The SMILES string of the molecule is CN=C(NCCS(=O)(=O)N1CCSCC1)NC1CCN(CCOC(C)C)CC1.I. The van der Waals surface area contributed by atoms with Crippen molar-refractivity contribution in [1.82, 2.24) is 19.8 Å². The Labute approximate surface area is 198 Å². The van der Waals surface area contributed by atoms with Crippen LogP contribution in [0.4, 0.5) is 0 Å². The zero-order valence-corrected chi connectivity index (χ0v) is 21.9. The maximum absolute atomic E-state index is 12.4. The smallest absolute Gasteiger partial charge is 0.215 e. The number of ether oxygens (including phenoxy) is 1. The first-order chi connectivity index (χ1) is 13.4. The van der Waals surface area contributed by atoms with Crippen LogP contribution in [-0.4, -0.2) is 106 Å². The van der Waals surface area contributed by atoms with Crippen molar-refractivity contribution < 1.29 is 13.2 Å². The minimum absolute atomic E-state index is 0. The molecule has 0 unspecified atom stereocenters. The summed E-state index contributed by atoms with van der Waals surface area (Å²) in [5, 5.41) is 6.60. The van der Waals surface area contributed by atoms with E-state index in [9.17, 15) is 8.42 Å². The van der Waals surface area contributed by atoms with E-state index in [4.69, 9.17) is 4.74 Å². The van der Waals surface area contributed by atoms with E-state index in [1.165, 1.54) is 0 Å². The Kier molecular flexibility index (Phi) is 13.4. The van der Waals surface area contributed by atoms with Crippen molar-refractivity contribution in [3.05, 3.63) is 0 Å². The van der Waals surface area contributed by atoms with Crippen LogP contribution in [0.5, 0.6) is 0 Å². The van der Waals surface area contributed by atoms with E-state index in [2.05, 4.69) is 34.4 Å². The van der Waals surface area contributed by atoms with E-state index < -0.39 is 10.0 Å². The van der Waals surface area contributed by atoms with Crippen molar-refractivity contribution in [2.75, 3.05) is 70.2 Å². The zero-order chi connectivity index (χ0) is 20.4. The highest BCUT2D eigenvalue weighted by atomic mass is 127. The number of nitrogens with one attached hydrogen (secondary N) is 2. The molecule has 0 aromatic carbocycles. The zero-order valence-electron chi connectivity index (χ0n) is 17.9. The molecular formula is C18H38IN5O3S2. The molecule has 0 aromatic heterocycles. The molecule has 2 rings (SSSR count). The second-order valence-corrected chi connectivity index (χ2v) is 10.8. The molecule has 0 aliphatic carbocycles. The lowest BCUT2D eigenvalue weighted by molar-refractivity contribution is 0.0532. The number of hydrogen-bond acceptors (Lipinski definition) is 6. The minimum atomic E-state index is -3.19. The fourth-order valence-electron chi connectivity index (χ4n) is 3.36. The van der Waals surface area contributed by atoms with Gasteiger partial charge in [-0.1, -0.05) is 0 Å². The van der Waals surface area contributed by atoms with Crippen molar-refractivity contribution in [3.63, 3.8) is 0 Å². The van der Waals surface area contributed by atoms with E-state index in [0.717, 1.165) is 50.6 Å². The van der Waals surface area contributed by atoms with Gasteiger partial charge in [0.15, 0.2) is 5.96 Å². The molecule has 2 heterocycles. The Hall–Kier alpha value is 0.180. The third kappa shape index (κ3) is 10.4. The Morgan fingerprint density at radius 2 is 1.86 bits per heavy atom. The summed E-state index contributed by atoms with van der Waals surface area (Å²) >= 11 is 1.81. The number of guanidine groups is 1. The number of aliphatic imine (C=N–C) groups is 1. The van der Waals surface area contributed by atoms with Crippen LogP contribution in [0.1, 0.15) is 26.7 Å². The molecule has 29 heavy (non-hydrogen) atoms. The summed E-state index contributed by atoms with van der Waals surface area (Å²) in [5.41, 5.74) is 0. The second kappa shape index (κ2) is 14.3. The van der Waals surface area contributed by atoms with E-state index in [1.807, 2.05) is 11.8 Å². The first-order valence-electron chi connectivity index (χ1n) is 10.3. The van der Waals surface area contributed by atoms with Gasteiger partial charge >= 0.3 is 0 Å². The summed E-state index contributed by atoms with van der Waals surface area (Å²) in [5.74, 6) is 2.56. The average Bonchev–Trinajstić information content (AvgIpc) is 2.69. The molecule has 0 spiro atoms. The van der Waals surface area contributed by atoms with Crippen LogP contribution < -0.4 is 10.6 Å². The molecule has 2 saturated heterocycles. The van der Waals surface area contributed by atoms with E-state index in [0.29, 0.717) is 31.6 Å². The number of sulfonamides is 1. The van der Waals surface area contributed by atoms with Crippen molar-refractivity contribution in [3.8, 4) is 0 Å². The van der Waals surface area contributed by atoms with Crippen molar-refractivity contribution in [1.29, 1.82) is 0 Å². The van der Waals surface area contributed by atoms with Crippen LogP contribution in [0.3, 0.4) is 0 Å². The quantitative estimate of drug-likeness (QED) is 0.246. The first kappa shape index (κ1) is 27.2. The number of nitrogens with zero attached hydrogens (tertiary/aromatic N) is 3. The molecule has 11 heteroatoms. The van der Waals surface area contributed by atoms with Crippen LogP contribution >= 0.6 is 35.7 Å². The molecule has 8 nitrogen and oxygen atoms in total. The number of piperidine rings is 1. The standard InChI is InChI=1S/C18H37N5O3S2.HI/c1-16(2)26-12-9-22-7-4-17(5-8-22)21-18(19-3)20-6-15-28(24,25)23-10-13-27-14-11-23;/h16-17H,4-15H2,1-3H3,(H2,19,20,21);1H. The summed E-state index contributed by atoms with van der Waals surface area (Å²) in [4.78, 5) is 6.68. The number of thioether (sulfide) groups is 1. The molecule has 2 aliphatic heterocycles. The maximum Gasteiger partial charge on any atom is 0.215 e. The Balaban J connectivity index is 0.00000420. The van der Waals surface area contributed by atoms with Gasteiger partial charge in [-0.2, -0.15) is 11.8 Å². The molecule has 2 fully saturated rings. The second-order valence-electron chi connectivity index (χ2n) is 7.51. The van der Waals surface area contributed by atoms with Gasteiger partial charge in [0.1, 0.15) is 0 Å². The Morgan fingerprint density at radius 3 is 2.45 bits per heavy atom. The molecule has 0 bridgehead atoms. The molecule has 2 aliphatic rings. The van der Waals surface area contributed by atoms with E-state index in [-0.39, 0.29) is 35.8 Å². The highest BCUT2D eigenvalue weighted by molar-refractivity contribution is 14.0. The third-order valence-electron chi connectivity index (χ3n) is 5.03. The molecule has 0 saturated carbocycles. The fraction of sp³-hybridized carbons (Fsp3) is 0.944. The lowest BCUT2D eigenvalue weighted by Crippen LogP contribution is -2.50. The van der Waals surface area contributed by atoms with Crippen LogP contribution in [0.25, 0.3) is 0 Å². The normalized spacial score (nSPS) is 20.5. The number of likely N-dealkylation sites (tertiary alicyclic amines) is 1. The van der Waals surface area contributed by atoms with Gasteiger partial charge in [0.05, 0.1) is 18.5 Å². The van der Waals surface area contributed by atoms with Gasteiger partial charge in [0.2, 0.25) is 10.0 Å². The van der Waals surface area contributed by atoms with Crippen molar-refractivity contribution in [2.24, 2.45) is 4.99 Å². The van der Waals surface area contributed by atoms with Crippen LogP contribution in [0.15, 0.2) is 4.99 Å². The number of hydrogen-bond donors (Lipinski definition) is 2. The van der Waals surface area contributed by atoms with Gasteiger partial charge in [0.25, 0.3) is 0 Å². The molecule has 0 aromatic rings. The van der Waals surface area contributed by atoms with Gasteiger partial charge in [-0.3, -0.25) is 4.99 Å². The number of rotatable bonds is 9. The number of halogens is 1. The van der Waals surface area contributed by atoms with Crippen molar-refractivity contribution >= 4 is 51.7 Å². The van der Waals surface area contributed by atoms with Gasteiger partial charge in [-0.25, -0.2) is 12.7 Å². The summed E-state index contributed by atoms with van der Waals surface area (Å²) in [7, 11) is -1.46. The summed E-state index contributed by atoms with van der Waals surface area (Å²) in [6.07, 6.45) is 2.38. The average molecular weight is 564 g/mol. The Morgan fingerprint density at radius 1 is 1.21 bits per heavy atom. The first-order valence-corrected chi connectivity index (χ1v) is 13.0. The maximum atomic E-state index is 12.4. The topological polar surface area (TPSA) is 86.3 Å². The third-order valence-corrected chi connectivity index (χ3v) is 7.84. The summed E-state index contributed by atoms with van der Waals surface area (Å²) in [6.45, 7) is 9.58. The van der Waals surface area contributed by atoms with Crippen LogP contribution in [-0.2, 0) is 14.8 Å². The molecule has 0 radical (unpaired) electrons. The predicted molar refractivity (Wildman–Crippen MR) is 133 cm³/mol. The summed E-state index contributed by atoms with van der Waals surface area (Å²) in [6, 6.07) is 0.365. The van der Waals surface area contributed by atoms with Gasteiger partial charge in [-0.15, -0.1) is 24.0 Å². The highest BCUT2D eigenvalue weighted by Gasteiger charge is 2.24. The van der Waals surface area contributed by atoms with Gasteiger partial charge in [0, 0.05) is 63.9 Å². The fourth-order valence-corrected chi connectivity index (χ4v) is 5.85. The van der Waals surface area contributed by atoms with Crippen LogP contribution in [0.2, 0.25) is 0 Å². The molecule has 0 atom stereocenters. The molecule has 0 amide bonds. The largest absolute Gasteiger partial charge is 0.377 e. The van der Waals surface area contributed by atoms with Gasteiger partial charge < -0.3 is 20.3 Å². The summed E-state index contributed by atoms with van der Waals surface area (Å²) < 4.78 is 32.1. The van der Waals surface area contributed by atoms with Gasteiger partial charge in [-0.05, 0) is 26.7 Å². The predicted octanol–water partition coefficient (Wildman–Crippen LogP) is 1.04. The lowest BCUT2D eigenvalue weighted by atomic mass is 10.1. The van der Waals surface area contributed by atoms with Crippen LogP contribution in [0, 0.1) is 0 Å². The van der Waals surface area contributed by atoms with Crippen molar-refractivity contribution in [2.45, 2.75) is 38.8 Å². The van der Waals surface area contributed by atoms with E-state index in [1.54, 1.807) is 11.4 Å². The minimum Gasteiger partial charge on any atom is -0.377 e. The van der Waals surface area contributed by atoms with E-state index >= 15 is 0 Å². The monoisotopic (exact) mass is 563 g/mol.